The summed E-state index contributed by atoms with van der Waals surface area (Å²) in [6.45, 7) is 7.63. The van der Waals surface area contributed by atoms with Crippen molar-refractivity contribution in [2.75, 3.05) is 52.6 Å². The van der Waals surface area contributed by atoms with Crippen molar-refractivity contribution < 1.29 is 9.47 Å². The van der Waals surface area contributed by atoms with Gasteiger partial charge in [-0.15, -0.1) is 0 Å². The van der Waals surface area contributed by atoms with Crippen molar-refractivity contribution in [2.24, 2.45) is 0 Å². The second kappa shape index (κ2) is 11.8. The van der Waals surface area contributed by atoms with E-state index in [4.69, 9.17) is 9.47 Å². The van der Waals surface area contributed by atoms with E-state index in [-0.39, 0.29) is 0 Å². The van der Waals surface area contributed by atoms with E-state index in [2.05, 4.69) is 8.61 Å². The first-order valence-electron chi connectivity index (χ1n) is 5.78. The topological polar surface area (TPSA) is 24.9 Å². The predicted molar refractivity (Wildman–Crippen MR) is 97.9 cm³/mol. The first kappa shape index (κ1) is 17.6. The van der Waals surface area contributed by atoms with Crippen molar-refractivity contribution in [1.82, 2.24) is 8.61 Å². The highest BCUT2D eigenvalue weighted by molar-refractivity contribution is 9.45. The van der Waals surface area contributed by atoms with Crippen LogP contribution in [-0.2, 0) is 9.47 Å². The molecule has 2 fully saturated rings. The van der Waals surface area contributed by atoms with E-state index in [9.17, 15) is 0 Å². The molecule has 2 aliphatic rings. The zero-order valence-corrected chi connectivity index (χ0v) is 15.9. The quantitative estimate of drug-likeness (QED) is 0.337. The zero-order valence-electron chi connectivity index (χ0n) is 10.2. The SMILES string of the molecule is C1CN(SSSSSSSN2CCOCC2)CCO1. The maximum Gasteiger partial charge on any atom is 0.0603 e. The van der Waals surface area contributed by atoms with Gasteiger partial charge in [0.1, 0.15) is 0 Å². The van der Waals surface area contributed by atoms with E-state index in [0.717, 1.165) is 52.6 Å². The lowest BCUT2D eigenvalue weighted by atomic mass is 10.5. The first-order chi connectivity index (χ1) is 9.45. The molecule has 0 aliphatic carbocycles. The Labute approximate surface area is 141 Å². The fraction of sp³-hybridized carbons (Fsp3) is 1.00. The van der Waals surface area contributed by atoms with Gasteiger partial charge < -0.3 is 9.47 Å². The summed E-state index contributed by atoms with van der Waals surface area (Å²) in [5, 5.41) is 0. The van der Waals surface area contributed by atoms with Crippen LogP contribution in [0.3, 0.4) is 0 Å². The maximum atomic E-state index is 5.32. The molecule has 2 aliphatic heterocycles. The molecule has 0 spiro atoms. The minimum Gasteiger partial charge on any atom is -0.379 e. The largest absolute Gasteiger partial charge is 0.379 e. The molecule has 0 saturated carbocycles. The van der Waals surface area contributed by atoms with Crippen LogP contribution in [0.25, 0.3) is 0 Å². The fourth-order valence-corrected chi connectivity index (χ4v) is 15.3. The first-order valence-corrected chi connectivity index (χ1v) is 14.5. The van der Waals surface area contributed by atoms with Gasteiger partial charge in [0.25, 0.3) is 0 Å². The Morgan fingerprint density at radius 2 is 0.895 bits per heavy atom. The Balaban J connectivity index is 1.35. The average molecular weight is 397 g/mol. The molecule has 0 aromatic heterocycles. The Kier molecular flexibility index (Phi) is 11.0. The van der Waals surface area contributed by atoms with E-state index in [0.29, 0.717) is 0 Å². The highest BCUT2D eigenvalue weighted by atomic mass is 33.9. The normalized spacial score (nSPS) is 22.7. The monoisotopic (exact) mass is 396 g/mol. The predicted octanol–water partition coefficient (Wildman–Crippen LogP) is 4.10. The smallest absolute Gasteiger partial charge is 0.0603 e. The van der Waals surface area contributed by atoms with Crippen molar-refractivity contribution in [3.05, 3.63) is 0 Å². The third kappa shape index (κ3) is 8.48. The van der Waals surface area contributed by atoms with Crippen molar-refractivity contribution in [1.29, 1.82) is 0 Å². The van der Waals surface area contributed by atoms with Crippen LogP contribution in [0.1, 0.15) is 0 Å². The molecule has 0 radical (unpaired) electrons. The van der Waals surface area contributed by atoms with Gasteiger partial charge >= 0.3 is 0 Å². The summed E-state index contributed by atoms with van der Waals surface area (Å²) in [6, 6.07) is 0. The molecule has 2 rings (SSSR count). The van der Waals surface area contributed by atoms with Crippen molar-refractivity contribution >= 4 is 71.1 Å². The molecule has 112 valence electrons. The summed E-state index contributed by atoms with van der Waals surface area (Å²) < 4.78 is 15.4. The second-order valence-electron chi connectivity index (χ2n) is 3.57. The number of nitrogens with zero attached hydrogens (tertiary/aromatic N) is 2. The fourth-order valence-electron chi connectivity index (χ4n) is 1.39. The van der Waals surface area contributed by atoms with Gasteiger partial charge in [0.15, 0.2) is 0 Å². The second-order valence-corrected chi connectivity index (χ2v) is 14.6. The highest BCUT2D eigenvalue weighted by Gasteiger charge is 2.12. The van der Waals surface area contributed by atoms with Crippen LogP contribution in [-0.4, -0.2) is 61.2 Å². The number of hydrogen-bond donors (Lipinski definition) is 0. The van der Waals surface area contributed by atoms with Crippen LogP contribution in [0.4, 0.5) is 0 Å². The number of morpholine rings is 2. The van der Waals surface area contributed by atoms with Gasteiger partial charge in [-0.1, -0.05) is 0 Å². The lowest BCUT2D eigenvalue weighted by molar-refractivity contribution is 0.0779. The van der Waals surface area contributed by atoms with E-state index in [1.54, 1.807) is 0 Å². The van der Waals surface area contributed by atoms with E-state index in [1.165, 1.54) is 0 Å². The van der Waals surface area contributed by atoms with Crippen LogP contribution < -0.4 is 0 Å². The van der Waals surface area contributed by atoms with Crippen LogP contribution in [0.2, 0.25) is 0 Å². The third-order valence-corrected chi connectivity index (χ3v) is 15.2. The third-order valence-electron chi connectivity index (χ3n) is 2.32. The molecule has 2 saturated heterocycles. The molecular formula is C8H16N2O2S7. The Bertz CT molecular complexity index is 207. The van der Waals surface area contributed by atoms with Gasteiger partial charge in [-0.05, 0) is 0 Å². The molecule has 11 heteroatoms. The van der Waals surface area contributed by atoms with Gasteiger partial charge in [-0.2, -0.15) is 0 Å². The van der Waals surface area contributed by atoms with Gasteiger partial charge in [-0.3, -0.25) is 0 Å². The molecule has 0 N–H and O–H groups in total. The summed E-state index contributed by atoms with van der Waals surface area (Å²) >= 11 is 0. The summed E-state index contributed by atoms with van der Waals surface area (Å²) in [5.41, 5.74) is 0. The molecule has 0 bridgehead atoms. The molecular weight excluding hydrogens is 381 g/mol. The van der Waals surface area contributed by atoms with Gasteiger partial charge in [0.05, 0.1) is 26.4 Å². The van der Waals surface area contributed by atoms with Crippen molar-refractivity contribution in [3.63, 3.8) is 0 Å². The average Bonchev–Trinajstić information content (AvgIpc) is 2.48. The zero-order chi connectivity index (χ0) is 13.2. The summed E-state index contributed by atoms with van der Waals surface area (Å²) in [7, 11) is 12.8. The highest BCUT2D eigenvalue weighted by Crippen LogP contribution is 2.55. The number of rotatable bonds is 8. The molecule has 2 heterocycles. The molecule has 19 heavy (non-hydrogen) atoms. The van der Waals surface area contributed by atoms with Gasteiger partial charge in [0, 0.05) is 97.3 Å². The molecule has 4 nitrogen and oxygen atoms in total. The van der Waals surface area contributed by atoms with Crippen molar-refractivity contribution in [2.45, 2.75) is 0 Å². The Morgan fingerprint density at radius 1 is 0.526 bits per heavy atom. The molecule has 0 unspecified atom stereocenters. The maximum absolute atomic E-state index is 5.32. The summed E-state index contributed by atoms with van der Waals surface area (Å²) in [4.78, 5) is 0. The number of hydrogen-bond acceptors (Lipinski definition) is 11. The van der Waals surface area contributed by atoms with Gasteiger partial charge in [0.2, 0.25) is 0 Å². The minimum absolute atomic E-state index is 0.867. The Hall–Kier alpha value is 2.29. The Morgan fingerprint density at radius 3 is 1.32 bits per heavy atom. The lowest BCUT2D eigenvalue weighted by Crippen LogP contribution is -2.30. The summed E-state index contributed by atoms with van der Waals surface area (Å²) in [5.74, 6) is 0. The molecule has 0 atom stereocenters. The van der Waals surface area contributed by atoms with Crippen LogP contribution in [0, 0.1) is 0 Å². The number of ether oxygens (including phenoxy) is 2. The van der Waals surface area contributed by atoms with Crippen LogP contribution in [0.5, 0.6) is 0 Å². The van der Waals surface area contributed by atoms with Crippen LogP contribution in [0.15, 0.2) is 0 Å². The van der Waals surface area contributed by atoms with Crippen LogP contribution >= 0.6 is 71.1 Å². The van der Waals surface area contributed by atoms with Crippen molar-refractivity contribution in [3.8, 4) is 0 Å². The van der Waals surface area contributed by atoms with E-state index >= 15 is 0 Å². The standard InChI is InChI=1S/C8H16N2O2S7/c1-5-11-6-2-9(1)13-15-17-19-18-16-14-10-3-7-12-8-4-10/h1-8H2. The molecule has 0 amide bonds. The van der Waals surface area contributed by atoms with Gasteiger partial charge in [-0.25, -0.2) is 8.61 Å². The molecule has 0 aromatic carbocycles. The lowest BCUT2D eigenvalue weighted by Gasteiger charge is -2.24. The van der Waals surface area contributed by atoms with E-state index < -0.39 is 0 Å². The minimum atomic E-state index is 0.867. The van der Waals surface area contributed by atoms with E-state index in [1.807, 2.05) is 71.1 Å². The molecule has 0 aromatic rings. The summed E-state index contributed by atoms with van der Waals surface area (Å²) in [6.07, 6.45) is 0.